The van der Waals surface area contributed by atoms with E-state index in [1.165, 1.54) is 0 Å². The fourth-order valence-electron chi connectivity index (χ4n) is 3.68. The summed E-state index contributed by atoms with van der Waals surface area (Å²) in [5.41, 5.74) is 3.00. The van der Waals surface area contributed by atoms with Gasteiger partial charge in [0.2, 0.25) is 11.7 Å². The molecule has 138 valence electrons. The third-order valence-corrected chi connectivity index (χ3v) is 4.99. The standard InChI is InChI=1S/C21H15N3O4/c25-18-16(10-13-11-23-19-14(13)5-3-8-22-19)28-20(17(18)21(26)27)24-9-7-12-4-1-2-6-15(12)24/h1-6,8,10-11H,7,9H2,(H,22,23)(H,26,27)/b16-10-. The van der Waals surface area contributed by atoms with Crippen LogP contribution in [0.3, 0.4) is 0 Å². The van der Waals surface area contributed by atoms with E-state index in [2.05, 4.69) is 9.97 Å². The number of para-hydroxylation sites is 1. The number of allylic oxidation sites excluding steroid dienone is 1. The molecule has 2 aliphatic rings. The molecule has 0 aliphatic carbocycles. The summed E-state index contributed by atoms with van der Waals surface area (Å²) in [7, 11) is 0. The number of benzene rings is 1. The molecule has 7 heteroatoms. The first-order chi connectivity index (χ1) is 13.6. The van der Waals surface area contributed by atoms with E-state index in [4.69, 9.17) is 4.74 Å². The number of carbonyl (C=O) groups is 2. The quantitative estimate of drug-likeness (QED) is 0.541. The zero-order valence-electron chi connectivity index (χ0n) is 14.7. The molecule has 28 heavy (non-hydrogen) atoms. The van der Waals surface area contributed by atoms with E-state index >= 15 is 0 Å². The lowest BCUT2D eigenvalue weighted by Crippen LogP contribution is -2.23. The number of aromatic amines is 1. The molecule has 0 spiro atoms. The molecule has 0 unspecified atom stereocenters. The number of carboxylic acids is 1. The molecule has 0 saturated carbocycles. The van der Waals surface area contributed by atoms with E-state index in [9.17, 15) is 14.7 Å². The maximum absolute atomic E-state index is 12.8. The molecule has 2 aromatic heterocycles. The number of carbonyl (C=O) groups excluding carboxylic acids is 1. The summed E-state index contributed by atoms with van der Waals surface area (Å²) in [6, 6.07) is 11.4. The molecule has 0 amide bonds. The van der Waals surface area contributed by atoms with Gasteiger partial charge in [0.05, 0.1) is 0 Å². The van der Waals surface area contributed by atoms with Crippen LogP contribution in [0.1, 0.15) is 11.1 Å². The minimum absolute atomic E-state index is 0.0125. The maximum atomic E-state index is 12.8. The molecule has 2 N–H and O–H groups in total. The van der Waals surface area contributed by atoms with E-state index in [1.807, 2.05) is 30.3 Å². The fraction of sp³-hybridized carbons (Fsp3) is 0.0952. The number of rotatable bonds is 3. The molecule has 3 aromatic rings. The Hall–Kier alpha value is -3.87. The number of Topliss-reactive ketones (excluding diaryl/α,β-unsaturated/α-hetero) is 1. The Bertz CT molecular complexity index is 1210. The summed E-state index contributed by atoms with van der Waals surface area (Å²) < 4.78 is 5.81. The van der Waals surface area contributed by atoms with Crippen LogP contribution < -0.4 is 4.90 Å². The smallest absolute Gasteiger partial charge is 0.345 e. The maximum Gasteiger partial charge on any atom is 0.345 e. The summed E-state index contributed by atoms with van der Waals surface area (Å²) in [6.45, 7) is 0.559. The lowest BCUT2D eigenvalue weighted by molar-refractivity contribution is -0.134. The Kier molecular flexibility index (Phi) is 3.55. The number of aromatic nitrogens is 2. The normalized spacial score (nSPS) is 17.5. The number of ether oxygens (including phenoxy) is 1. The van der Waals surface area contributed by atoms with Gasteiger partial charge < -0.3 is 19.7 Å². The molecular formula is C21H15N3O4. The minimum atomic E-state index is -1.30. The lowest BCUT2D eigenvalue weighted by Gasteiger charge is -2.20. The summed E-state index contributed by atoms with van der Waals surface area (Å²) in [6.07, 6.45) is 5.70. The van der Waals surface area contributed by atoms with Gasteiger partial charge in [0.25, 0.3) is 0 Å². The average Bonchev–Trinajstić information content (AvgIpc) is 3.38. The summed E-state index contributed by atoms with van der Waals surface area (Å²) in [4.78, 5) is 33.6. The summed E-state index contributed by atoms with van der Waals surface area (Å²) >= 11 is 0. The second-order valence-electron chi connectivity index (χ2n) is 6.60. The van der Waals surface area contributed by atoms with Crippen LogP contribution in [0.4, 0.5) is 5.69 Å². The molecule has 0 atom stereocenters. The minimum Gasteiger partial charge on any atom is -0.477 e. The van der Waals surface area contributed by atoms with Gasteiger partial charge in [0.15, 0.2) is 11.3 Å². The monoisotopic (exact) mass is 373 g/mol. The highest BCUT2D eigenvalue weighted by atomic mass is 16.5. The van der Waals surface area contributed by atoms with Crippen molar-refractivity contribution in [2.24, 2.45) is 0 Å². The van der Waals surface area contributed by atoms with E-state index in [0.717, 1.165) is 23.1 Å². The number of hydrogen-bond acceptors (Lipinski definition) is 5. The molecule has 2 aliphatic heterocycles. The Morgan fingerprint density at radius 3 is 2.96 bits per heavy atom. The van der Waals surface area contributed by atoms with Gasteiger partial charge in [-0.05, 0) is 36.3 Å². The van der Waals surface area contributed by atoms with Gasteiger partial charge in [0.1, 0.15) is 5.65 Å². The van der Waals surface area contributed by atoms with Gasteiger partial charge in [-0.3, -0.25) is 4.79 Å². The van der Waals surface area contributed by atoms with Gasteiger partial charge in [-0.15, -0.1) is 0 Å². The zero-order chi connectivity index (χ0) is 19.3. The number of pyridine rings is 1. The van der Waals surface area contributed by atoms with Crippen LogP contribution in [0.5, 0.6) is 0 Å². The Labute approximate surface area is 159 Å². The number of fused-ring (bicyclic) bond motifs is 2. The van der Waals surface area contributed by atoms with Gasteiger partial charge in [-0.1, -0.05) is 18.2 Å². The number of H-pyrrole nitrogens is 1. The van der Waals surface area contributed by atoms with Gasteiger partial charge in [-0.2, -0.15) is 0 Å². The number of nitrogens with zero attached hydrogens (tertiary/aromatic N) is 2. The van der Waals surface area contributed by atoms with Crippen LogP contribution in [0.25, 0.3) is 17.1 Å². The van der Waals surface area contributed by atoms with Crippen molar-refractivity contribution in [3.8, 4) is 0 Å². The number of anilines is 1. The number of ketones is 1. The Balaban J connectivity index is 1.57. The van der Waals surface area contributed by atoms with E-state index in [-0.39, 0.29) is 17.2 Å². The average molecular weight is 373 g/mol. The molecule has 5 rings (SSSR count). The fourth-order valence-corrected chi connectivity index (χ4v) is 3.68. The van der Waals surface area contributed by atoms with Crippen molar-refractivity contribution in [2.45, 2.75) is 6.42 Å². The van der Waals surface area contributed by atoms with Gasteiger partial charge in [-0.25, -0.2) is 9.78 Å². The highest BCUT2D eigenvalue weighted by Gasteiger charge is 2.40. The van der Waals surface area contributed by atoms with Gasteiger partial charge >= 0.3 is 5.97 Å². The zero-order valence-corrected chi connectivity index (χ0v) is 14.7. The number of carboxylic acid groups (broad SMARTS) is 1. The summed E-state index contributed by atoms with van der Waals surface area (Å²) in [5, 5.41) is 10.5. The number of aliphatic carboxylic acids is 1. The molecule has 0 saturated heterocycles. The van der Waals surface area contributed by atoms with Crippen LogP contribution in [0.2, 0.25) is 0 Å². The molecule has 0 radical (unpaired) electrons. The molecular weight excluding hydrogens is 358 g/mol. The van der Waals surface area contributed by atoms with Gasteiger partial charge in [0, 0.05) is 35.6 Å². The van der Waals surface area contributed by atoms with Crippen molar-refractivity contribution in [1.29, 1.82) is 0 Å². The largest absolute Gasteiger partial charge is 0.477 e. The molecule has 0 bridgehead atoms. The molecule has 0 fully saturated rings. The van der Waals surface area contributed by atoms with Crippen LogP contribution in [-0.4, -0.2) is 33.4 Å². The van der Waals surface area contributed by atoms with Crippen LogP contribution in [-0.2, 0) is 20.7 Å². The van der Waals surface area contributed by atoms with Crippen molar-refractivity contribution in [3.63, 3.8) is 0 Å². The highest BCUT2D eigenvalue weighted by Crippen LogP contribution is 2.37. The van der Waals surface area contributed by atoms with Crippen LogP contribution >= 0.6 is 0 Å². The molecule has 7 nitrogen and oxygen atoms in total. The first-order valence-electron chi connectivity index (χ1n) is 8.83. The SMILES string of the molecule is O=C(O)C1=C(N2CCc3ccccc32)O/C(=C\c2c[nH]c3ncccc23)C1=O. The third-order valence-electron chi connectivity index (χ3n) is 4.99. The van der Waals surface area contributed by atoms with Crippen molar-refractivity contribution in [3.05, 3.63) is 77.1 Å². The second-order valence-corrected chi connectivity index (χ2v) is 6.60. The van der Waals surface area contributed by atoms with Crippen molar-refractivity contribution < 1.29 is 19.4 Å². The predicted octanol–water partition coefficient (Wildman–Crippen LogP) is 2.86. The first kappa shape index (κ1) is 16.3. The van der Waals surface area contributed by atoms with Crippen molar-refractivity contribution in [2.75, 3.05) is 11.4 Å². The summed E-state index contributed by atoms with van der Waals surface area (Å²) in [5.74, 6) is -1.87. The number of hydrogen-bond donors (Lipinski definition) is 2. The third kappa shape index (κ3) is 2.40. The number of nitrogens with one attached hydrogen (secondary N) is 1. The molecule has 1 aromatic carbocycles. The van der Waals surface area contributed by atoms with Crippen LogP contribution in [0, 0.1) is 0 Å². The van der Waals surface area contributed by atoms with Crippen molar-refractivity contribution >= 4 is 34.5 Å². The molecule has 4 heterocycles. The highest BCUT2D eigenvalue weighted by molar-refractivity contribution is 6.26. The van der Waals surface area contributed by atoms with E-state index < -0.39 is 11.8 Å². The first-order valence-corrected chi connectivity index (χ1v) is 8.83. The van der Waals surface area contributed by atoms with Crippen LogP contribution in [0.15, 0.2) is 66.0 Å². The lowest BCUT2D eigenvalue weighted by atomic mass is 10.1. The van der Waals surface area contributed by atoms with E-state index in [1.54, 1.807) is 29.4 Å². The Morgan fingerprint density at radius 1 is 1.25 bits per heavy atom. The van der Waals surface area contributed by atoms with Crippen molar-refractivity contribution in [1.82, 2.24) is 9.97 Å². The predicted molar refractivity (Wildman–Crippen MR) is 102 cm³/mol. The topological polar surface area (TPSA) is 95.5 Å². The second kappa shape index (κ2) is 6.09. The van der Waals surface area contributed by atoms with E-state index in [0.29, 0.717) is 17.8 Å². The Morgan fingerprint density at radius 2 is 2.11 bits per heavy atom.